The Balaban J connectivity index is 3.13. The van der Waals surface area contributed by atoms with Gasteiger partial charge < -0.3 is 5.32 Å². The number of nitrogens with one attached hydrogen (secondary N) is 1. The molecule has 0 aliphatic rings. The van der Waals surface area contributed by atoms with Gasteiger partial charge in [-0.3, -0.25) is 0 Å². The van der Waals surface area contributed by atoms with Gasteiger partial charge in [0.05, 0.1) is 3.57 Å². The van der Waals surface area contributed by atoms with E-state index in [-0.39, 0.29) is 9.61 Å². The Morgan fingerprint density at radius 3 is 2.15 bits per heavy atom. The van der Waals surface area contributed by atoms with Gasteiger partial charge in [0.15, 0.2) is 0 Å². The van der Waals surface area contributed by atoms with E-state index in [1.54, 1.807) is 29.6 Å². The van der Waals surface area contributed by atoms with Crippen LogP contribution >= 0.6 is 22.6 Å². The van der Waals surface area contributed by atoms with Crippen LogP contribution < -0.4 is 5.32 Å². The van der Waals surface area contributed by atoms with Gasteiger partial charge in [0.1, 0.15) is 11.6 Å². The molecule has 0 saturated heterocycles. The Morgan fingerprint density at radius 2 is 1.77 bits per heavy atom. The Morgan fingerprint density at radius 1 is 1.31 bits per heavy atom. The van der Waals surface area contributed by atoms with E-state index in [9.17, 15) is 8.78 Å². The molecule has 0 radical (unpaired) electrons. The molecule has 1 nitrogen and oxygen atoms in total. The maximum absolute atomic E-state index is 13.1. The Bertz CT molecular complexity index is 291. The lowest BCUT2D eigenvalue weighted by molar-refractivity contribution is 0.555. The van der Waals surface area contributed by atoms with E-state index in [2.05, 4.69) is 5.32 Å². The van der Waals surface area contributed by atoms with Crippen molar-refractivity contribution in [2.75, 3.05) is 7.05 Å². The molecular weight excluding hydrogens is 287 g/mol. The molecular formula is C9H10F2IN. The van der Waals surface area contributed by atoms with Gasteiger partial charge in [0, 0.05) is 6.04 Å². The highest BCUT2D eigenvalue weighted by molar-refractivity contribution is 14.1. The molecule has 0 heterocycles. The monoisotopic (exact) mass is 297 g/mol. The predicted molar refractivity (Wildman–Crippen MR) is 56.5 cm³/mol. The normalized spacial score (nSPS) is 13.0. The van der Waals surface area contributed by atoms with Gasteiger partial charge in [-0.1, -0.05) is 0 Å². The van der Waals surface area contributed by atoms with Crippen molar-refractivity contribution in [1.82, 2.24) is 5.32 Å². The second kappa shape index (κ2) is 4.32. The minimum atomic E-state index is -0.502. The minimum absolute atomic E-state index is 0.0407. The molecule has 1 aromatic carbocycles. The molecule has 0 fully saturated rings. The average Bonchev–Trinajstić information content (AvgIpc) is 2.12. The Labute approximate surface area is 89.7 Å². The maximum Gasteiger partial charge on any atom is 0.139 e. The standard InChI is InChI=1S/C9H10F2IN/c1-5(13-2)6-3-7(10)9(12)8(11)4-6/h3-5,13H,1-2H3. The molecule has 1 atom stereocenters. The summed E-state index contributed by atoms with van der Waals surface area (Å²) in [5.41, 5.74) is 0.623. The largest absolute Gasteiger partial charge is 0.313 e. The second-order valence-corrected chi connectivity index (χ2v) is 3.89. The minimum Gasteiger partial charge on any atom is -0.313 e. The third kappa shape index (κ3) is 2.37. The summed E-state index contributed by atoms with van der Waals surface area (Å²) < 4.78 is 26.2. The van der Waals surface area contributed by atoms with E-state index in [0.717, 1.165) is 0 Å². The molecule has 1 N–H and O–H groups in total. The van der Waals surface area contributed by atoms with E-state index in [1.165, 1.54) is 12.1 Å². The highest BCUT2D eigenvalue weighted by Crippen LogP contribution is 2.21. The topological polar surface area (TPSA) is 12.0 Å². The third-order valence-electron chi connectivity index (χ3n) is 1.94. The van der Waals surface area contributed by atoms with E-state index in [4.69, 9.17) is 0 Å². The van der Waals surface area contributed by atoms with Crippen molar-refractivity contribution in [2.24, 2.45) is 0 Å². The summed E-state index contributed by atoms with van der Waals surface area (Å²) >= 11 is 1.65. The van der Waals surface area contributed by atoms with Crippen molar-refractivity contribution in [2.45, 2.75) is 13.0 Å². The van der Waals surface area contributed by atoms with Crippen molar-refractivity contribution in [3.63, 3.8) is 0 Å². The predicted octanol–water partition coefficient (Wildman–Crippen LogP) is 2.85. The molecule has 4 heteroatoms. The van der Waals surface area contributed by atoms with E-state index in [1.807, 2.05) is 6.92 Å². The van der Waals surface area contributed by atoms with Crippen LogP contribution in [0.25, 0.3) is 0 Å². The van der Waals surface area contributed by atoms with E-state index >= 15 is 0 Å². The van der Waals surface area contributed by atoms with Gasteiger partial charge in [0.25, 0.3) is 0 Å². The highest BCUT2D eigenvalue weighted by atomic mass is 127. The zero-order valence-corrected chi connectivity index (χ0v) is 9.52. The SMILES string of the molecule is CNC(C)c1cc(F)c(I)c(F)c1. The first kappa shape index (κ1) is 10.8. The molecule has 0 saturated carbocycles. The molecule has 0 spiro atoms. The fourth-order valence-corrected chi connectivity index (χ4v) is 1.30. The molecule has 0 bridgehead atoms. The highest BCUT2D eigenvalue weighted by Gasteiger charge is 2.11. The van der Waals surface area contributed by atoms with Crippen LogP contribution in [0.1, 0.15) is 18.5 Å². The zero-order chi connectivity index (χ0) is 10.0. The molecule has 0 amide bonds. The lowest BCUT2D eigenvalue weighted by Crippen LogP contribution is -2.13. The van der Waals surface area contributed by atoms with Gasteiger partial charge in [-0.15, -0.1) is 0 Å². The molecule has 13 heavy (non-hydrogen) atoms. The van der Waals surface area contributed by atoms with Crippen LogP contribution in [0.3, 0.4) is 0 Å². The molecule has 1 rings (SSSR count). The summed E-state index contributed by atoms with van der Waals surface area (Å²) in [6.07, 6.45) is 0. The fraction of sp³-hybridized carbons (Fsp3) is 0.333. The van der Waals surface area contributed by atoms with Crippen LogP contribution in [0, 0.1) is 15.2 Å². The van der Waals surface area contributed by atoms with Crippen molar-refractivity contribution in [3.05, 3.63) is 32.9 Å². The van der Waals surface area contributed by atoms with Gasteiger partial charge in [-0.25, -0.2) is 8.78 Å². The summed E-state index contributed by atoms with van der Waals surface area (Å²) in [7, 11) is 1.75. The number of halogens is 3. The molecule has 0 aliphatic heterocycles. The molecule has 1 unspecified atom stereocenters. The van der Waals surface area contributed by atoms with Crippen LogP contribution in [-0.2, 0) is 0 Å². The average molecular weight is 297 g/mol. The quantitative estimate of drug-likeness (QED) is 0.654. The lowest BCUT2D eigenvalue weighted by atomic mass is 10.1. The molecule has 0 aromatic heterocycles. The summed E-state index contributed by atoms with van der Waals surface area (Å²) in [6.45, 7) is 1.85. The van der Waals surface area contributed by atoms with Crippen LogP contribution in [0.5, 0.6) is 0 Å². The summed E-state index contributed by atoms with van der Waals surface area (Å²) in [4.78, 5) is 0. The first-order valence-electron chi connectivity index (χ1n) is 3.88. The lowest BCUT2D eigenvalue weighted by Gasteiger charge is -2.11. The van der Waals surface area contributed by atoms with Crippen molar-refractivity contribution in [1.29, 1.82) is 0 Å². The van der Waals surface area contributed by atoms with Crippen molar-refractivity contribution < 1.29 is 8.78 Å². The molecule has 1 aromatic rings. The molecule has 0 aliphatic carbocycles. The Hall–Kier alpha value is -0.230. The zero-order valence-electron chi connectivity index (χ0n) is 7.37. The van der Waals surface area contributed by atoms with E-state index < -0.39 is 11.6 Å². The van der Waals surface area contributed by atoms with Gasteiger partial charge in [-0.2, -0.15) is 0 Å². The number of benzene rings is 1. The second-order valence-electron chi connectivity index (χ2n) is 2.81. The number of rotatable bonds is 2. The number of hydrogen-bond acceptors (Lipinski definition) is 1. The van der Waals surface area contributed by atoms with Crippen LogP contribution in [0.2, 0.25) is 0 Å². The Kier molecular flexibility index (Phi) is 3.61. The van der Waals surface area contributed by atoms with Gasteiger partial charge in [0.2, 0.25) is 0 Å². The number of hydrogen-bond donors (Lipinski definition) is 1. The fourth-order valence-electron chi connectivity index (χ4n) is 0.992. The first-order valence-corrected chi connectivity index (χ1v) is 4.96. The summed E-state index contributed by atoms with van der Waals surface area (Å²) in [6, 6.07) is 2.67. The maximum atomic E-state index is 13.1. The summed E-state index contributed by atoms with van der Waals surface area (Å²) in [5.74, 6) is -1.00. The van der Waals surface area contributed by atoms with Crippen LogP contribution in [0.4, 0.5) is 8.78 Å². The summed E-state index contributed by atoms with van der Waals surface area (Å²) in [5, 5.41) is 2.92. The van der Waals surface area contributed by atoms with Gasteiger partial charge >= 0.3 is 0 Å². The third-order valence-corrected chi connectivity index (χ3v) is 2.97. The molecule has 72 valence electrons. The first-order chi connectivity index (χ1) is 6.06. The smallest absolute Gasteiger partial charge is 0.139 e. The van der Waals surface area contributed by atoms with E-state index in [0.29, 0.717) is 5.56 Å². The van der Waals surface area contributed by atoms with Crippen LogP contribution in [0.15, 0.2) is 12.1 Å². The van der Waals surface area contributed by atoms with Crippen molar-refractivity contribution in [3.8, 4) is 0 Å². The van der Waals surface area contributed by atoms with Crippen LogP contribution in [-0.4, -0.2) is 7.05 Å². The van der Waals surface area contributed by atoms with Gasteiger partial charge in [-0.05, 0) is 54.3 Å². The van der Waals surface area contributed by atoms with Crippen molar-refractivity contribution >= 4 is 22.6 Å².